The van der Waals surface area contributed by atoms with Crippen molar-refractivity contribution in [1.82, 2.24) is 9.55 Å². The number of aliphatic hydroxyl groups excluding tert-OH is 1. The fourth-order valence-corrected chi connectivity index (χ4v) is 6.23. The van der Waals surface area contributed by atoms with E-state index in [-0.39, 0.29) is 12.1 Å². The highest BCUT2D eigenvalue weighted by molar-refractivity contribution is 7.84. The lowest BCUT2D eigenvalue weighted by atomic mass is 9.77. The molecule has 5 rings (SSSR count). The van der Waals surface area contributed by atoms with Crippen molar-refractivity contribution in [2.75, 3.05) is 36.2 Å². The summed E-state index contributed by atoms with van der Waals surface area (Å²) < 4.78 is 14.9. The van der Waals surface area contributed by atoms with Crippen LogP contribution in [0.2, 0.25) is 5.02 Å². The molecule has 1 saturated heterocycles. The number of fused-ring (bicyclic) bond motifs is 1. The summed E-state index contributed by atoms with van der Waals surface area (Å²) in [5.41, 5.74) is 2.00. The molecule has 33 heavy (non-hydrogen) atoms. The van der Waals surface area contributed by atoms with Crippen molar-refractivity contribution in [3.8, 4) is 0 Å². The quantitative estimate of drug-likeness (QED) is 0.529. The van der Waals surface area contributed by atoms with E-state index in [0.29, 0.717) is 11.7 Å². The number of hydrogen-bond acceptors (Lipinski definition) is 5. The first-order valence-corrected chi connectivity index (χ1v) is 13.6. The van der Waals surface area contributed by atoms with Crippen LogP contribution < -0.4 is 10.2 Å². The summed E-state index contributed by atoms with van der Waals surface area (Å²) in [6.45, 7) is 1.86. The highest BCUT2D eigenvalue weighted by Crippen LogP contribution is 2.41. The van der Waals surface area contributed by atoms with Gasteiger partial charge in [0.05, 0.1) is 33.4 Å². The van der Waals surface area contributed by atoms with Crippen LogP contribution in [0.5, 0.6) is 0 Å². The lowest BCUT2D eigenvalue weighted by molar-refractivity contribution is 0.143. The number of benzene rings is 1. The van der Waals surface area contributed by atoms with Gasteiger partial charge in [-0.05, 0) is 61.8 Å². The van der Waals surface area contributed by atoms with E-state index in [1.165, 1.54) is 5.56 Å². The molecule has 2 aromatic heterocycles. The molecule has 0 bridgehead atoms. The molecule has 1 saturated carbocycles. The topological polar surface area (TPSA) is 70.4 Å². The van der Waals surface area contributed by atoms with Crippen molar-refractivity contribution in [2.45, 2.75) is 48.5 Å². The fraction of sp³-hybridized carbons (Fsp3) is 0.480. The lowest BCUT2D eigenvalue weighted by Crippen LogP contribution is -2.48. The first-order valence-electron chi connectivity index (χ1n) is 11.6. The molecule has 8 heteroatoms. The summed E-state index contributed by atoms with van der Waals surface area (Å²) in [4.78, 5) is 8.16. The van der Waals surface area contributed by atoms with Gasteiger partial charge in [-0.2, -0.15) is 0 Å². The summed E-state index contributed by atoms with van der Waals surface area (Å²) in [5.74, 6) is 2.09. The van der Waals surface area contributed by atoms with E-state index < -0.39 is 10.8 Å². The van der Waals surface area contributed by atoms with Gasteiger partial charge >= 0.3 is 0 Å². The monoisotopic (exact) mass is 486 g/mol. The molecule has 2 N–H and O–H groups in total. The Bertz CT molecular complexity index is 1180. The molecule has 1 aliphatic carbocycles. The van der Waals surface area contributed by atoms with Gasteiger partial charge in [0.25, 0.3) is 0 Å². The van der Waals surface area contributed by atoms with Crippen LogP contribution in [0.25, 0.3) is 10.9 Å². The predicted octanol–water partition coefficient (Wildman–Crippen LogP) is 4.68. The van der Waals surface area contributed by atoms with Crippen molar-refractivity contribution in [3.05, 3.63) is 47.1 Å². The first-order chi connectivity index (χ1) is 15.9. The van der Waals surface area contributed by atoms with Gasteiger partial charge in [-0.3, -0.25) is 4.21 Å². The molecule has 3 aromatic rings. The van der Waals surface area contributed by atoms with Crippen molar-refractivity contribution in [1.29, 1.82) is 0 Å². The minimum Gasteiger partial charge on any atom is -0.394 e. The number of anilines is 2. The van der Waals surface area contributed by atoms with Crippen LogP contribution in [0, 0.1) is 0 Å². The third-order valence-corrected chi connectivity index (χ3v) is 8.62. The molecular weight excluding hydrogens is 456 g/mol. The predicted molar refractivity (Wildman–Crippen MR) is 136 cm³/mol. The van der Waals surface area contributed by atoms with Gasteiger partial charge in [-0.25, -0.2) is 4.98 Å². The van der Waals surface area contributed by atoms with E-state index in [0.717, 1.165) is 71.8 Å². The molecule has 3 heterocycles. The van der Waals surface area contributed by atoms with Gasteiger partial charge in [-0.1, -0.05) is 23.7 Å². The fourth-order valence-electron chi connectivity index (χ4n) is 5.26. The van der Waals surface area contributed by atoms with E-state index in [9.17, 15) is 9.32 Å². The van der Waals surface area contributed by atoms with Crippen LogP contribution in [0.3, 0.4) is 0 Å². The first kappa shape index (κ1) is 22.7. The molecule has 1 aliphatic heterocycles. The molecule has 6 nitrogen and oxygen atoms in total. The number of aliphatic hydroxyl groups is 1. The SMILES string of the molecule is Cn1ccc2c([S@@](C)=O)c(NC3(CO)CCC3)nc(N3CCC(c4ccc(Cl)cc4)CC3)c21. The van der Waals surface area contributed by atoms with Gasteiger partial charge in [0.15, 0.2) is 5.82 Å². The third kappa shape index (κ3) is 4.15. The minimum absolute atomic E-state index is 0.0547. The summed E-state index contributed by atoms with van der Waals surface area (Å²) in [6.07, 6.45) is 8.68. The molecule has 0 radical (unpaired) electrons. The zero-order valence-corrected chi connectivity index (χ0v) is 20.8. The number of pyridine rings is 1. The number of aromatic nitrogens is 2. The van der Waals surface area contributed by atoms with E-state index in [2.05, 4.69) is 26.9 Å². The number of halogens is 1. The van der Waals surface area contributed by atoms with Crippen molar-refractivity contribution >= 4 is 44.9 Å². The second kappa shape index (κ2) is 8.93. The highest BCUT2D eigenvalue weighted by Gasteiger charge is 2.38. The Balaban J connectivity index is 1.50. The number of nitrogens with zero attached hydrogens (tertiary/aromatic N) is 3. The molecule has 2 fully saturated rings. The largest absolute Gasteiger partial charge is 0.394 e. The molecule has 1 atom stereocenters. The molecule has 0 amide bonds. The number of rotatable bonds is 6. The van der Waals surface area contributed by atoms with Gasteiger partial charge in [0.1, 0.15) is 5.82 Å². The van der Waals surface area contributed by atoms with Crippen LogP contribution in [-0.4, -0.2) is 50.4 Å². The van der Waals surface area contributed by atoms with E-state index in [1.54, 1.807) is 6.26 Å². The highest BCUT2D eigenvalue weighted by atomic mass is 35.5. The molecule has 0 spiro atoms. The van der Waals surface area contributed by atoms with Crippen LogP contribution in [0.15, 0.2) is 41.4 Å². The van der Waals surface area contributed by atoms with Crippen LogP contribution in [-0.2, 0) is 17.8 Å². The summed E-state index contributed by atoms with van der Waals surface area (Å²) in [6, 6.07) is 10.2. The molecule has 1 aromatic carbocycles. The van der Waals surface area contributed by atoms with Crippen LogP contribution in [0.4, 0.5) is 11.6 Å². The maximum absolute atomic E-state index is 12.8. The summed E-state index contributed by atoms with van der Waals surface area (Å²) in [7, 11) is 0.807. The van der Waals surface area contributed by atoms with Gasteiger partial charge in [0, 0.05) is 43.0 Å². The number of piperidine rings is 1. The number of aryl methyl sites for hydroxylation is 1. The second-order valence-electron chi connectivity index (χ2n) is 9.49. The molecule has 2 aliphatic rings. The molecular formula is C25H31ClN4O2S. The lowest BCUT2D eigenvalue weighted by Gasteiger charge is -2.42. The number of hydrogen-bond donors (Lipinski definition) is 2. The van der Waals surface area contributed by atoms with Gasteiger partial charge in [-0.15, -0.1) is 0 Å². The average molecular weight is 487 g/mol. The smallest absolute Gasteiger partial charge is 0.155 e. The second-order valence-corrected chi connectivity index (χ2v) is 11.2. The summed E-state index contributed by atoms with van der Waals surface area (Å²) >= 11 is 6.07. The Hall–Kier alpha value is -2.09. The van der Waals surface area contributed by atoms with Crippen LogP contribution in [0.1, 0.15) is 43.6 Å². The molecule has 176 valence electrons. The number of nitrogens with one attached hydrogen (secondary N) is 1. The Morgan fingerprint density at radius 1 is 1.21 bits per heavy atom. The normalized spacial score (nSPS) is 19.5. The Labute approximate surface area is 202 Å². The van der Waals surface area contributed by atoms with E-state index in [4.69, 9.17) is 16.6 Å². The maximum Gasteiger partial charge on any atom is 0.155 e. The standard InChI is InChI=1S/C25H31ClN4O2S/c1-29-13-10-20-21(29)24(27-23(22(20)33(2)32)28-25(16-31)11-3-12-25)30-14-8-18(9-15-30)17-4-6-19(26)7-5-17/h4-7,10,13,18,31H,3,8-9,11-12,14-16H2,1-2H3,(H,27,28)/t33-/m1/s1. The minimum atomic E-state index is -1.21. The summed E-state index contributed by atoms with van der Waals surface area (Å²) in [5, 5.41) is 15.3. The van der Waals surface area contributed by atoms with Crippen LogP contribution >= 0.6 is 11.6 Å². The van der Waals surface area contributed by atoms with E-state index in [1.807, 2.05) is 31.4 Å². The molecule has 0 unspecified atom stereocenters. The maximum atomic E-state index is 12.8. The van der Waals surface area contributed by atoms with E-state index >= 15 is 0 Å². The zero-order chi connectivity index (χ0) is 23.2. The van der Waals surface area contributed by atoms with Crippen molar-refractivity contribution < 1.29 is 9.32 Å². The Morgan fingerprint density at radius 2 is 1.91 bits per heavy atom. The Kier molecular flexibility index (Phi) is 6.14. The Morgan fingerprint density at radius 3 is 2.48 bits per heavy atom. The van der Waals surface area contributed by atoms with Gasteiger partial charge < -0.3 is 19.9 Å². The zero-order valence-electron chi connectivity index (χ0n) is 19.2. The van der Waals surface area contributed by atoms with Crippen molar-refractivity contribution in [3.63, 3.8) is 0 Å². The van der Waals surface area contributed by atoms with Gasteiger partial charge in [0.2, 0.25) is 0 Å². The average Bonchev–Trinajstić information content (AvgIpc) is 3.17. The van der Waals surface area contributed by atoms with Crippen molar-refractivity contribution in [2.24, 2.45) is 7.05 Å². The third-order valence-electron chi connectivity index (χ3n) is 7.38.